The van der Waals surface area contributed by atoms with Gasteiger partial charge in [0.05, 0.1) is 37.6 Å². The summed E-state index contributed by atoms with van der Waals surface area (Å²) < 4.78 is 26.2. The van der Waals surface area contributed by atoms with Crippen molar-refractivity contribution in [2.24, 2.45) is 62.6 Å². The minimum absolute atomic E-state index is 0.00553. The Kier molecular flexibility index (Phi) is 9.24. The largest absolute Gasteiger partial charge is 0.443 e. The maximum absolute atomic E-state index is 13.0. The van der Waals surface area contributed by atoms with Crippen molar-refractivity contribution in [1.29, 1.82) is 0 Å². The monoisotopic (exact) mass is 727 g/mol. The summed E-state index contributed by atoms with van der Waals surface area (Å²) in [5, 5.41) is 12.7. The average Bonchev–Trinajstić information content (AvgIpc) is 3.68. The number of nitrogens with zero attached hydrogens (tertiary/aromatic N) is 2. The van der Waals surface area contributed by atoms with Gasteiger partial charge in [0, 0.05) is 31.5 Å². The van der Waals surface area contributed by atoms with E-state index >= 15 is 0 Å². The molecule has 4 unspecified atom stereocenters. The molecule has 0 bridgehead atoms. The predicted octanol–water partition coefficient (Wildman–Crippen LogP) is 7.28. The topological polar surface area (TPSA) is 97.8 Å². The number of hydrogen-bond acceptors (Lipinski definition) is 7. The first-order chi connectivity index (χ1) is 24.5. The normalized spacial score (nSPS) is 48.1. The smallest absolute Gasteiger partial charge is 0.410 e. The predicted molar refractivity (Wildman–Crippen MR) is 198 cm³/mol. The molecule has 52 heavy (non-hydrogen) atoms. The number of fused-ring (bicyclic) bond motifs is 4. The van der Waals surface area contributed by atoms with Crippen LogP contribution in [-0.4, -0.2) is 96.5 Å². The van der Waals surface area contributed by atoms with Gasteiger partial charge in [-0.1, -0.05) is 62.3 Å². The average molecular weight is 727 g/mol. The van der Waals surface area contributed by atoms with Gasteiger partial charge >= 0.3 is 6.09 Å². The Morgan fingerprint density at radius 2 is 1.63 bits per heavy atom. The van der Waals surface area contributed by atoms with E-state index in [1.165, 1.54) is 25.7 Å². The number of rotatable bonds is 7. The summed E-state index contributed by atoms with van der Waals surface area (Å²) in [7, 11) is 0. The maximum atomic E-state index is 13.0. The molecule has 9 heteroatoms. The fraction of sp³-hybridized carbons (Fsp3) is 0.953. The van der Waals surface area contributed by atoms with Crippen LogP contribution in [0.25, 0.3) is 0 Å². The Labute approximate surface area is 313 Å². The summed E-state index contributed by atoms with van der Waals surface area (Å²) in [5.41, 5.74) is 0.307. The van der Waals surface area contributed by atoms with Gasteiger partial charge in [-0.05, 0) is 115 Å². The van der Waals surface area contributed by atoms with Crippen molar-refractivity contribution < 1.29 is 33.6 Å². The SMILES string of the molecule is CC(C)CC(=O)N1CCO[C@@H](O[C@H]2CC[C@]34CC35CC[C@]3(C)[C@@H]6C(OC([C@H](OC(=O)N7CCC7)C(C)C)C[C@H]6C)[C@H](O)[C@@]3(C)C5CC[C@H]4C2(C)C)C1. The van der Waals surface area contributed by atoms with Gasteiger partial charge in [0.25, 0.3) is 0 Å². The molecule has 1 N–H and O–H groups in total. The van der Waals surface area contributed by atoms with E-state index in [0.29, 0.717) is 55.2 Å². The molecule has 3 heterocycles. The maximum Gasteiger partial charge on any atom is 0.410 e. The highest BCUT2D eigenvalue weighted by Crippen LogP contribution is 2.89. The number of aliphatic hydroxyl groups excluding tert-OH is 1. The van der Waals surface area contributed by atoms with Crippen molar-refractivity contribution in [3.63, 3.8) is 0 Å². The Hall–Kier alpha value is -1.42. The second-order valence-electron chi connectivity index (χ2n) is 20.9. The highest BCUT2D eigenvalue weighted by atomic mass is 16.7. The molecule has 3 saturated heterocycles. The van der Waals surface area contributed by atoms with Gasteiger partial charge < -0.3 is 33.9 Å². The number of ether oxygens (including phenoxy) is 4. The number of likely N-dealkylation sites (tertiary alicyclic amines) is 1. The van der Waals surface area contributed by atoms with Crippen LogP contribution < -0.4 is 0 Å². The fourth-order valence-electron chi connectivity index (χ4n) is 14.7. The zero-order valence-corrected chi connectivity index (χ0v) is 33.8. The molecule has 5 aliphatic carbocycles. The second kappa shape index (κ2) is 12.8. The molecule has 0 aromatic rings. The van der Waals surface area contributed by atoms with E-state index in [4.69, 9.17) is 18.9 Å². The van der Waals surface area contributed by atoms with Crippen LogP contribution in [0.15, 0.2) is 0 Å². The van der Waals surface area contributed by atoms with Gasteiger partial charge in [-0.3, -0.25) is 4.79 Å². The van der Waals surface area contributed by atoms with Gasteiger partial charge in [0.1, 0.15) is 6.10 Å². The van der Waals surface area contributed by atoms with Crippen molar-refractivity contribution in [2.75, 3.05) is 32.8 Å². The quantitative estimate of drug-likeness (QED) is 0.295. The van der Waals surface area contributed by atoms with E-state index in [1.54, 1.807) is 4.90 Å². The number of hydrogen-bond donors (Lipinski definition) is 1. The van der Waals surface area contributed by atoms with Crippen molar-refractivity contribution in [2.45, 2.75) is 163 Å². The van der Waals surface area contributed by atoms with Gasteiger partial charge in [-0.25, -0.2) is 4.79 Å². The lowest BCUT2D eigenvalue weighted by atomic mass is 9.41. The number of carbonyl (C=O) groups excluding carboxylic acids is 2. The van der Waals surface area contributed by atoms with Crippen LogP contribution >= 0.6 is 0 Å². The number of amides is 2. The molecule has 8 fully saturated rings. The zero-order chi connectivity index (χ0) is 37.2. The first-order valence-corrected chi connectivity index (χ1v) is 21.3. The highest BCUT2D eigenvalue weighted by molar-refractivity contribution is 5.76. The van der Waals surface area contributed by atoms with Gasteiger partial charge in [-0.2, -0.15) is 0 Å². The Morgan fingerprint density at radius 3 is 2.31 bits per heavy atom. The standard InChI is InChI=1S/C43H70N2O7/c1-25(2)21-32(46)45-19-20-49-33(23-45)51-31-13-14-42-24-43(42)16-15-40(8)34-27(5)22-28(35(26(3)4)52-38(48)44-17-10-18-44)50-36(34)37(47)41(40,9)30(43)12-11-29(42)39(31,6)7/h25-31,33-37,47H,10-24H2,1-9H3/t27-,28?,29+,30?,31+,33+,34+,35-,36?,37+,40-,41-,42-,43?/m1/s1. The highest BCUT2D eigenvalue weighted by Gasteiger charge is 2.84. The van der Waals surface area contributed by atoms with Crippen LogP contribution in [0.3, 0.4) is 0 Å². The third-order valence-corrected chi connectivity index (χ3v) is 17.4. The summed E-state index contributed by atoms with van der Waals surface area (Å²) in [6.07, 6.45) is 8.86. The van der Waals surface area contributed by atoms with E-state index in [1.807, 2.05) is 4.90 Å². The molecule has 3 aliphatic heterocycles. The van der Waals surface area contributed by atoms with Crippen LogP contribution in [0.5, 0.6) is 0 Å². The molecular formula is C43H70N2O7. The molecule has 294 valence electrons. The lowest BCUT2D eigenvalue weighted by Crippen LogP contribution is -2.60. The minimum atomic E-state index is -0.541. The molecule has 8 aliphatic rings. The molecule has 0 radical (unpaired) electrons. The van der Waals surface area contributed by atoms with E-state index in [-0.39, 0.29) is 76.2 Å². The second-order valence-corrected chi connectivity index (χ2v) is 20.9. The summed E-state index contributed by atoms with van der Waals surface area (Å²) in [6.45, 7) is 23.9. The zero-order valence-electron chi connectivity index (χ0n) is 33.8. The molecule has 2 spiro atoms. The Balaban J connectivity index is 0.994. The molecular weight excluding hydrogens is 656 g/mol. The third-order valence-electron chi connectivity index (χ3n) is 17.4. The Bertz CT molecular complexity index is 1400. The molecule has 9 nitrogen and oxygen atoms in total. The third kappa shape index (κ3) is 5.26. The van der Waals surface area contributed by atoms with E-state index in [2.05, 4.69) is 62.3 Å². The van der Waals surface area contributed by atoms with Gasteiger partial charge in [0.15, 0.2) is 6.29 Å². The number of aliphatic hydroxyl groups is 1. The van der Waals surface area contributed by atoms with Crippen molar-refractivity contribution >= 4 is 12.0 Å². The van der Waals surface area contributed by atoms with Crippen LogP contribution in [0.2, 0.25) is 0 Å². The molecule has 0 aromatic heterocycles. The number of carbonyl (C=O) groups is 2. The summed E-state index contributed by atoms with van der Waals surface area (Å²) >= 11 is 0. The molecule has 2 amide bonds. The molecule has 5 saturated carbocycles. The van der Waals surface area contributed by atoms with Crippen LogP contribution in [0.4, 0.5) is 4.79 Å². The summed E-state index contributed by atoms with van der Waals surface area (Å²) in [6, 6.07) is 0. The van der Waals surface area contributed by atoms with E-state index in [0.717, 1.165) is 45.2 Å². The summed E-state index contributed by atoms with van der Waals surface area (Å²) in [4.78, 5) is 29.6. The molecule has 0 aromatic carbocycles. The lowest BCUT2D eigenvalue weighted by Gasteiger charge is -2.64. The fourth-order valence-corrected chi connectivity index (χ4v) is 14.7. The minimum Gasteiger partial charge on any atom is -0.443 e. The van der Waals surface area contributed by atoms with E-state index < -0.39 is 6.10 Å². The Morgan fingerprint density at radius 1 is 0.923 bits per heavy atom. The lowest BCUT2D eigenvalue weighted by molar-refractivity contribution is -0.248. The van der Waals surface area contributed by atoms with Crippen LogP contribution in [0.1, 0.15) is 127 Å². The van der Waals surface area contributed by atoms with Crippen molar-refractivity contribution in [1.82, 2.24) is 9.80 Å². The van der Waals surface area contributed by atoms with Crippen LogP contribution in [-0.2, 0) is 23.7 Å². The first kappa shape index (κ1) is 37.5. The van der Waals surface area contributed by atoms with Crippen molar-refractivity contribution in [3.8, 4) is 0 Å². The van der Waals surface area contributed by atoms with E-state index in [9.17, 15) is 14.7 Å². The molecule has 14 atom stereocenters. The number of morpholine rings is 1. The van der Waals surface area contributed by atoms with Gasteiger partial charge in [0.2, 0.25) is 5.91 Å². The van der Waals surface area contributed by atoms with Crippen molar-refractivity contribution in [3.05, 3.63) is 0 Å². The van der Waals surface area contributed by atoms with Crippen LogP contribution in [0, 0.1) is 62.6 Å². The molecule has 8 rings (SSSR count). The first-order valence-electron chi connectivity index (χ1n) is 21.3. The van der Waals surface area contributed by atoms with Gasteiger partial charge in [-0.15, -0.1) is 0 Å². The summed E-state index contributed by atoms with van der Waals surface area (Å²) in [5.74, 6) is 2.38.